The lowest BCUT2D eigenvalue weighted by Gasteiger charge is -2.29. The number of benzene rings is 2. The van der Waals surface area contributed by atoms with Gasteiger partial charge >= 0.3 is 0 Å². The zero-order chi connectivity index (χ0) is 18.8. The summed E-state index contributed by atoms with van der Waals surface area (Å²) in [4.78, 5) is 23.6. The van der Waals surface area contributed by atoms with E-state index in [1.54, 1.807) is 12.1 Å². The Kier molecular flexibility index (Phi) is 6.16. The number of nitrogens with zero attached hydrogens (tertiary/aromatic N) is 1. The van der Waals surface area contributed by atoms with E-state index in [4.69, 9.17) is 0 Å². The zero-order valence-corrected chi connectivity index (χ0v) is 16.1. The molecular weight excluding hydrogens is 380 g/mol. The Bertz CT molecular complexity index is 850. The predicted molar refractivity (Wildman–Crippen MR) is 111 cm³/mol. The van der Waals surface area contributed by atoms with E-state index in [0.29, 0.717) is 23.3 Å². The number of para-hydroxylation sites is 1. The van der Waals surface area contributed by atoms with Crippen LogP contribution in [0.25, 0.3) is 0 Å². The van der Waals surface area contributed by atoms with Crippen LogP contribution in [0.3, 0.4) is 0 Å². The van der Waals surface area contributed by atoms with E-state index in [0.717, 1.165) is 31.4 Å². The van der Waals surface area contributed by atoms with Gasteiger partial charge in [0.25, 0.3) is 11.6 Å². The lowest BCUT2D eigenvalue weighted by atomic mass is 9.99. The normalized spacial score (nSPS) is 22.8. The smallest absolute Gasteiger partial charge is 0.293 e. The third kappa shape index (κ3) is 4.43. The Morgan fingerprint density at radius 2 is 1.75 bits per heavy atom. The molecule has 0 radical (unpaired) electrons. The number of hydrogen-bond acceptors (Lipinski definition) is 5. The summed E-state index contributed by atoms with van der Waals surface area (Å²) < 4.78 is 0. The fourth-order valence-electron chi connectivity index (χ4n) is 4.05. The maximum atomic E-state index is 12.6. The monoisotopic (exact) mass is 402 g/mol. The first kappa shape index (κ1) is 20.1. The molecule has 7 nitrogen and oxygen atoms in total. The van der Waals surface area contributed by atoms with Crippen molar-refractivity contribution in [2.45, 2.75) is 43.8 Å². The van der Waals surface area contributed by atoms with Gasteiger partial charge in [0, 0.05) is 35.4 Å². The number of piperidine rings is 1. The van der Waals surface area contributed by atoms with Crippen molar-refractivity contribution in [3.8, 4) is 0 Å². The van der Waals surface area contributed by atoms with Crippen LogP contribution >= 0.6 is 12.4 Å². The van der Waals surface area contributed by atoms with Crippen molar-refractivity contribution in [1.82, 2.24) is 10.6 Å². The van der Waals surface area contributed by atoms with Gasteiger partial charge in [-0.15, -0.1) is 12.4 Å². The summed E-state index contributed by atoms with van der Waals surface area (Å²) in [6, 6.07) is 14.9. The van der Waals surface area contributed by atoms with Crippen LogP contribution in [0.15, 0.2) is 48.5 Å². The number of hydrogen-bond donors (Lipinski definition) is 3. The minimum Gasteiger partial charge on any atom is -0.350 e. The highest BCUT2D eigenvalue weighted by Gasteiger charge is 2.34. The second kappa shape index (κ2) is 8.58. The molecule has 4 rings (SSSR count). The SMILES string of the molecule is Cl.O=C(NC1CC2CCC(C1)N2)c1ccc(Nc2ccccc2)c([N+](=O)[O-])c1. The summed E-state index contributed by atoms with van der Waals surface area (Å²) in [7, 11) is 0. The Labute approximate surface area is 169 Å². The van der Waals surface area contributed by atoms with Crippen LogP contribution in [0.2, 0.25) is 0 Å². The van der Waals surface area contributed by atoms with Gasteiger partial charge in [-0.25, -0.2) is 0 Å². The van der Waals surface area contributed by atoms with Gasteiger partial charge in [0.15, 0.2) is 0 Å². The van der Waals surface area contributed by atoms with Crippen LogP contribution in [0.5, 0.6) is 0 Å². The van der Waals surface area contributed by atoms with E-state index in [-0.39, 0.29) is 30.0 Å². The Hall–Kier alpha value is -2.64. The quantitative estimate of drug-likeness (QED) is 0.522. The Morgan fingerprint density at radius 3 is 2.39 bits per heavy atom. The van der Waals surface area contributed by atoms with E-state index in [9.17, 15) is 14.9 Å². The minimum absolute atomic E-state index is 0. The second-order valence-corrected chi connectivity index (χ2v) is 7.26. The van der Waals surface area contributed by atoms with Crippen molar-refractivity contribution < 1.29 is 9.72 Å². The van der Waals surface area contributed by atoms with Crippen LogP contribution in [-0.4, -0.2) is 29.0 Å². The number of nitrogens with one attached hydrogen (secondary N) is 3. The number of rotatable bonds is 5. The summed E-state index contributed by atoms with van der Waals surface area (Å²) in [6.07, 6.45) is 4.14. The molecule has 0 aliphatic carbocycles. The van der Waals surface area contributed by atoms with E-state index in [2.05, 4.69) is 16.0 Å². The molecule has 8 heteroatoms. The highest BCUT2D eigenvalue weighted by Crippen LogP contribution is 2.30. The van der Waals surface area contributed by atoms with Crippen molar-refractivity contribution in [1.29, 1.82) is 0 Å². The van der Waals surface area contributed by atoms with Gasteiger partial charge in [-0.3, -0.25) is 14.9 Å². The fraction of sp³-hybridized carbons (Fsp3) is 0.350. The number of nitro groups is 1. The van der Waals surface area contributed by atoms with Gasteiger partial charge in [0.05, 0.1) is 4.92 Å². The van der Waals surface area contributed by atoms with E-state index in [1.165, 1.54) is 6.07 Å². The number of anilines is 2. The van der Waals surface area contributed by atoms with Gasteiger partial charge in [-0.05, 0) is 49.9 Å². The van der Waals surface area contributed by atoms with Crippen LogP contribution in [0.4, 0.5) is 17.1 Å². The van der Waals surface area contributed by atoms with Gasteiger partial charge in [0.1, 0.15) is 5.69 Å². The molecule has 148 valence electrons. The van der Waals surface area contributed by atoms with E-state index < -0.39 is 4.92 Å². The molecule has 2 fully saturated rings. The predicted octanol–water partition coefficient (Wildman–Crippen LogP) is 3.77. The molecule has 2 aliphatic rings. The van der Waals surface area contributed by atoms with Crippen molar-refractivity contribution in [3.05, 3.63) is 64.2 Å². The van der Waals surface area contributed by atoms with Crippen LogP contribution < -0.4 is 16.0 Å². The maximum Gasteiger partial charge on any atom is 0.293 e. The molecule has 2 atom stereocenters. The van der Waals surface area contributed by atoms with Gasteiger partial charge in [0.2, 0.25) is 0 Å². The van der Waals surface area contributed by atoms with Crippen LogP contribution in [0.1, 0.15) is 36.0 Å². The summed E-state index contributed by atoms with van der Waals surface area (Å²) in [5, 5.41) is 21.1. The fourth-order valence-corrected chi connectivity index (χ4v) is 4.05. The summed E-state index contributed by atoms with van der Waals surface area (Å²) in [5.74, 6) is -0.254. The molecule has 2 aromatic rings. The van der Waals surface area contributed by atoms with Crippen molar-refractivity contribution >= 4 is 35.4 Å². The Balaban J connectivity index is 0.00000225. The lowest BCUT2D eigenvalue weighted by molar-refractivity contribution is -0.383. The first-order valence-electron chi connectivity index (χ1n) is 9.26. The second-order valence-electron chi connectivity index (χ2n) is 7.26. The average molecular weight is 403 g/mol. The van der Waals surface area contributed by atoms with Crippen molar-refractivity contribution in [3.63, 3.8) is 0 Å². The third-order valence-electron chi connectivity index (χ3n) is 5.32. The van der Waals surface area contributed by atoms with Gasteiger partial charge < -0.3 is 16.0 Å². The molecule has 2 saturated heterocycles. The topological polar surface area (TPSA) is 96.3 Å². The lowest BCUT2D eigenvalue weighted by Crippen LogP contribution is -2.48. The van der Waals surface area contributed by atoms with Gasteiger partial charge in [-0.1, -0.05) is 18.2 Å². The van der Waals surface area contributed by atoms with Crippen molar-refractivity contribution in [2.24, 2.45) is 0 Å². The molecule has 1 amide bonds. The molecule has 2 aliphatic heterocycles. The number of carbonyl (C=O) groups is 1. The summed E-state index contributed by atoms with van der Waals surface area (Å²) in [6.45, 7) is 0. The molecule has 28 heavy (non-hydrogen) atoms. The van der Waals surface area contributed by atoms with E-state index >= 15 is 0 Å². The number of nitro benzene ring substituents is 1. The van der Waals surface area contributed by atoms with Crippen LogP contribution in [0, 0.1) is 10.1 Å². The third-order valence-corrected chi connectivity index (χ3v) is 5.32. The minimum atomic E-state index is -0.465. The molecule has 2 heterocycles. The zero-order valence-electron chi connectivity index (χ0n) is 15.3. The number of halogens is 1. The first-order chi connectivity index (χ1) is 13.1. The molecule has 3 N–H and O–H groups in total. The number of fused-ring (bicyclic) bond motifs is 2. The number of carbonyl (C=O) groups excluding carboxylic acids is 1. The first-order valence-corrected chi connectivity index (χ1v) is 9.26. The maximum absolute atomic E-state index is 12.6. The molecule has 2 bridgehead atoms. The molecule has 2 aromatic carbocycles. The Morgan fingerprint density at radius 1 is 1.07 bits per heavy atom. The largest absolute Gasteiger partial charge is 0.350 e. The molecule has 0 aromatic heterocycles. The molecule has 0 spiro atoms. The highest BCUT2D eigenvalue weighted by atomic mass is 35.5. The standard InChI is InChI=1S/C20H22N4O3.ClH/c25-20(23-17-11-15-7-8-16(12-17)21-15)13-6-9-18(19(10-13)24(26)27)22-14-4-2-1-3-5-14;/h1-6,9-10,15-17,21-22H,7-8,11-12H2,(H,23,25);1H. The average Bonchev–Trinajstić information content (AvgIpc) is 3.01. The van der Waals surface area contributed by atoms with Crippen molar-refractivity contribution in [2.75, 3.05) is 5.32 Å². The number of amides is 1. The molecule has 2 unspecified atom stereocenters. The summed E-state index contributed by atoms with van der Waals surface area (Å²) in [5.41, 5.74) is 1.31. The molecular formula is C20H23ClN4O3. The van der Waals surface area contributed by atoms with Crippen LogP contribution in [-0.2, 0) is 0 Å². The highest BCUT2D eigenvalue weighted by molar-refractivity contribution is 5.96. The van der Waals surface area contributed by atoms with Gasteiger partial charge in [-0.2, -0.15) is 0 Å². The molecule has 0 saturated carbocycles. The summed E-state index contributed by atoms with van der Waals surface area (Å²) >= 11 is 0. The van der Waals surface area contributed by atoms with E-state index in [1.807, 2.05) is 30.3 Å².